The zero-order chi connectivity index (χ0) is 10.8. The lowest BCUT2D eigenvalue weighted by molar-refractivity contribution is 0.392. The van der Waals surface area contributed by atoms with Crippen LogP contribution in [0.4, 0.5) is 5.69 Å². The van der Waals surface area contributed by atoms with Crippen molar-refractivity contribution in [2.45, 2.75) is 12.5 Å². The van der Waals surface area contributed by atoms with Gasteiger partial charge in [-0.25, -0.2) is 0 Å². The third kappa shape index (κ3) is 1.72. The lowest BCUT2D eigenvalue weighted by Gasteiger charge is -2.26. The highest BCUT2D eigenvalue weighted by Crippen LogP contribution is 2.39. The molecule has 0 radical (unpaired) electrons. The molecule has 0 aromatic heterocycles. The van der Waals surface area contributed by atoms with Crippen molar-refractivity contribution in [3.8, 4) is 11.5 Å². The first kappa shape index (κ1) is 10.1. The molecule has 15 heavy (non-hydrogen) atoms. The molecular formula is C11H16N2O2. The molecule has 0 fully saturated rings. The average molecular weight is 208 g/mol. The molecule has 1 aliphatic heterocycles. The van der Waals surface area contributed by atoms with E-state index < -0.39 is 0 Å². The van der Waals surface area contributed by atoms with E-state index in [0.717, 1.165) is 35.7 Å². The zero-order valence-corrected chi connectivity index (χ0v) is 9.04. The van der Waals surface area contributed by atoms with Gasteiger partial charge in [0.15, 0.2) is 0 Å². The maximum absolute atomic E-state index is 6.04. The summed E-state index contributed by atoms with van der Waals surface area (Å²) in [5, 5.41) is 3.30. The largest absolute Gasteiger partial charge is 0.497 e. The second kappa shape index (κ2) is 3.98. The van der Waals surface area contributed by atoms with Crippen LogP contribution in [0.5, 0.6) is 11.5 Å². The topological polar surface area (TPSA) is 56.5 Å². The molecule has 0 amide bonds. The van der Waals surface area contributed by atoms with Crippen LogP contribution in [0.15, 0.2) is 12.1 Å². The molecule has 0 saturated heterocycles. The Hall–Kier alpha value is -1.42. The molecule has 1 unspecified atom stereocenters. The van der Waals surface area contributed by atoms with Crippen LogP contribution >= 0.6 is 0 Å². The van der Waals surface area contributed by atoms with Crippen molar-refractivity contribution in [3.63, 3.8) is 0 Å². The Kier molecular flexibility index (Phi) is 2.68. The van der Waals surface area contributed by atoms with Crippen LogP contribution < -0.4 is 20.5 Å². The molecule has 0 aliphatic carbocycles. The molecule has 3 N–H and O–H groups in total. The van der Waals surface area contributed by atoms with Crippen LogP contribution in [0.1, 0.15) is 18.0 Å². The SMILES string of the molecule is COc1cc(OC)c2c(c1)C(N)CCN2. The van der Waals surface area contributed by atoms with Gasteiger partial charge in [0.05, 0.1) is 19.9 Å². The Morgan fingerprint density at radius 1 is 1.33 bits per heavy atom. The van der Waals surface area contributed by atoms with E-state index in [-0.39, 0.29) is 6.04 Å². The first-order valence-electron chi connectivity index (χ1n) is 5.01. The van der Waals surface area contributed by atoms with E-state index in [1.807, 2.05) is 12.1 Å². The molecule has 4 nitrogen and oxygen atoms in total. The second-order valence-corrected chi connectivity index (χ2v) is 3.62. The van der Waals surface area contributed by atoms with Crippen molar-refractivity contribution < 1.29 is 9.47 Å². The fraction of sp³-hybridized carbons (Fsp3) is 0.455. The second-order valence-electron chi connectivity index (χ2n) is 3.62. The fourth-order valence-corrected chi connectivity index (χ4v) is 1.88. The average Bonchev–Trinajstić information content (AvgIpc) is 2.28. The van der Waals surface area contributed by atoms with Crippen LogP contribution in [-0.2, 0) is 0 Å². The summed E-state index contributed by atoms with van der Waals surface area (Å²) in [5.74, 6) is 1.57. The van der Waals surface area contributed by atoms with Gasteiger partial charge in [-0.2, -0.15) is 0 Å². The Labute approximate surface area is 89.4 Å². The van der Waals surface area contributed by atoms with Crippen LogP contribution in [0, 0.1) is 0 Å². The predicted molar refractivity (Wildman–Crippen MR) is 59.6 cm³/mol. The normalized spacial score (nSPS) is 19.0. The van der Waals surface area contributed by atoms with Gasteiger partial charge in [-0.05, 0) is 18.1 Å². The number of rotatable bonds is 2. The van der Waals surface area contributed by atoms with E-state index >= 15 is 0 Å². The van der Waals surface area contributed by atoms with Crippen molar-refractivity contribution in [2.75, 3.05) is 26.1 Å². The summed E-state index contributed by atoms with van der Waals surface area (Å²) in [6.45, 7) is 0.886. The summed E-state index contributed by atoms with van der Waals surface area (Å²) in [6.07, 6.45) is 0.934. The summed E-state index contributed by atoms with van der Waals surface area (Å²) < 4.78 is 10.5. The number of benzene rings is 1. The first-order chi connectivity index (χ1) is 7.26. The van der Waals surface area contributed by atoms with Gasteiger partial charge in [-0.3, -0.25) is 0 Å². The molecule has 0 bridgehead atoms. The Balaban J connectivity index is 2.52. The highest BCUT2D eigenvalue weighted by atomic mass is 16.5. The summed E-state index contributed by atoms with van der Waals surface area (Å²) in [4.78, 5) is 0. The van der Waals surface area contributed by atoms with Crippen molar-refractivity contribution in [1.82, 2.24) is 0 Å². The highest BCUT2D eigenvalue weighted by molar-refractivity contribution is 5.67. The van der Waals surface area contributed by atoms with Crippen LogP contribution in [-0.4, -0.2) is 20.8 Å². The van der Waals surface area contributed by atoms with Crippen LogP contribution in [0.25, 0.3) is 0 Å². The Morgan fingerprint density at radius 3 is 2.80 bits per heavy atom. The molecule has 1 aromatic carbocycles. The molecule has 0 spiro atoms. The molecule has 82 valence electrons. The minimum Gasteiger partial charge on any atom is -0.497 e. The van der Waals surface area contributed by atoms with Gasteiger partial charge < -0.3 is 20.5 Å². The maximum atomic E-state index is 6.04. The molecule has 1 aliphatic rings. The number of nitrogens with one attached hydrogen (secondary N) is 1. The summed E-state index contributed by atoms with van der Waals surface area (Å²) in [5.41, 5.74) is 8.11. The molecule has 1 aromatic rings. The lowest BCUT2D eigenvalue weighted by Crippen LogP contribution is -2.23. The van der Waals surface area contributed by atoms with Gasteiger partial charge in [0.2, 0.25) is 0 Å². The summed E-state index contributed by atoms with van der Waals surface area (Å²) >= 11 is 0. The number of ether oxygens (including phenoxy) is 2. The monoisotopic (exact) mass is 208 g/mol. The van der Waals surface area contributed by atoms with E-state index in [0.29, 0.717) is 0 Å². The van der Waals surface area contributed by atoms with Gasteiger partial charge in [0.25, 0.3) is 0 Å². The number of anilines is 1. The van der Waals surface area contributed by atoms with E-state index in [1.165, 1.54) is 0 Å². The molecule has 2 rings (SSSR count). The lowest BCUT2D eigenvalue weighted by atomic mass is 9.98. The number of nitrogens with two attached hydrogens (primary N) is 1. The fourth-order valence-electron chi connectivity index (χ4n) is 1.88. The number of fused-ring (bicyclic) bond motifs is 1. The van der Waals surface area contributed by atoms with E-state index in [9.17, 15) is 0 Å². The third-order valence-electron chi connectivity index (χ3n) is 2.72. The first-order valence-corrected chi connectivity index (χ1v) is 5.01. The molecule has 0 saturated carbocycles. The minimum absolute atomic E-state index is 0.0604. The maximum Gasteiger partial charge on any atom is 0.145 e. The molecule has 1 atom stereocenters. The van der Waals surface area contributed by atoms with Crippen LogP contribution in [0.2, 0.25) is 0 Å². The summed E-state index contributed by atoms with van der Waals surface area (Å²) in [7, 11) is 3.29. The van der Waals surface area contributed by atoms with Gasteiger partial charge >= 0.3 is 0 Å². The molecular weight excluding hydrogens is 192 g/mol. The van der Waals surface area contributed by atoms with Crippen molar-refractivity contribution >= 4 is 5.69 Å². The van der Waals surface area contributed by atoms with Gasteiger partial charge in [-0.1, -0.05) is 0 Å². The number of methoxy groups -OCH3 is 2. The zero-order valence-electron chi connectivity index (χ0n) is 9.04. The smallest absolute Gasteiger partial charge is 0.145 e. The number of hydrogen-bond acceptors (Lipinski definition) is 4. The third-order valence-corrected chi connectivity index (χ3v) is 2.72. The van der Waals surface area contributed by atoms with E-state index in [4.69, 9.17) is 15.2 Å². The van der Waals surface area contributed by atoms with Gasteiger partial charge in [0, 0.05) is 18.7 Å². The Morgan fingerprint density at radius 2 is 2.13 bits per heavy atom. The minimum atomic E-state index is 0.0604. The predicted octanol–water partition coefficient (Wildman–Crippen LogP) is 1.52. The number of hydrogen-bond donors (Lipinski definition) is 2. The molecule has 1 heterocycles. The summed E-state index contributed by atoms with van der Waals surface area (Å²) in [6, 6.07) is 3.89. The molecule has 4 heteroatoms. The van der Waals surface area contributed by atoms with Crippen LogP contribution in [0.3, 0.4) is 0 Å². The van der Waals surface area contributed by atoms with E-state index in [2.05, 4.69) is 5.32 Å². The van der Waals surface area contributed by atoms with E-state index in [1.54, 1.807) is 14.2 Å². The van der Waals surface area contributed by atoms with Gasteiger partial charge in [-0.15, -0.1) is 0 Å². The van der Waals surface area contributed by atoms with Crippen molar-refractivity contribution in [2.24, 2.45) is 5.73 Å². The van der Waals surface area contributed by atoms with Gasteiger partial charge in [0.1, 0.15) is 11.5 Å². The van der Waals surface area contributed by atoms with Crippen molar-refractivity contribution in [3.05, 3.63) is 17.7 Å². The highest BCUT2D eigenvalue weighted by Gasteiger charge is 2.21. The quantitative estimate of drug-likeness (QED) is 0.773. The van der Waals surface area contributed by atoms with Crippen molar-refractivity contribution in [1.29, 1.82) is 0 Å². The standard InChI is InChI=1S/C11H16N2O2/c1-14-7-5-8-9(12)3-4-13-11(8)10(6-7)15-2/h5-6,9,13H,3-4,12H2,1-2H3. The Bertz CT molecular complexity index is 366.